The third kappa shape index (κ3) is 5.41. The van der Waals surface area contributed by atoms with Gasteiger partial charge >= 0.3 is 5.97 Å². The average molecular weight is 408 g/mol. The molecule has 0 spiro atoms. The normalized spacial score (nSPS) is 11.5. The molecule has 3 aromatic rings. The summed E-state index contributed by atoms with van der Waals surface area (Å²) in [5.41, 5.74) is 0.838. The summed E-state index contributed by atoms with van der Waals surface area (Å²) in [4.78, 5) is 36.2. The number of hydrogen-bond donors (Lipinski definition) is 2. The van der Waals surface area contributed by atoms with Crippen molar-refractivity contribution in [3.05, 3.63) is 78.1 Å². The fourth-order valence-corrected chi connectivity index (χ4v) is 2.94. The molecule has 0 heterocycles. The van der Waals surface area contributed by atoms with Crippen LogP contribution in [0.5, 0.6) is 0 Å². The van der Waals surface area contributed by atoms with E-state index in [1.54, 1.807) is 6.07 Å². The zero-order valence-corrected chi connectivity index (χ0v) is 16.4. The summed E-state index contributed by atoms with van der Waals surface area (Å²) < 4.78 is 18.6. The van der Waals surface area contributed by atoms with Crippen molar-refractivity contribution in [2.24, 2.45) is 0 Å². The number of esters is 1. The van der Waals surface area contributed by atoms with Gasteiger partial charge < -0.3 is 15.4 Å². The van der Waals surface area contributed by atoms with Crippen LogP contribution in [0.3, 0.4) is 0 Å². The Morgan fingerprint density at radius 2 is 1.67 bits per heavy atom. The van der Waals surface area contributed by atoms with Crippen molar-refractivity contribution < 1.29 is 23.5 Å². The summed E-state index contributed by atoms with van der Waals surface area (Å²) in [7, 11) is 0. The van der Waals surface area contributed by atoms with Crippen LogP contribution in [0.25, 0.3) is 10.8 Å². The number of anilines is 1. The number of carbonyl (C=O) groups is 3. The number of halogens is 1. The molecule has 0 aliphatic carbocycles. The summed E-state index contributed by atoms with van der Waals surface area (Å²) in [6.45, 7) is 0.993. The predicted molar refractivity (Wildman–Crippen MR) is 111 cm³/mol. The molecule has 1 atom stereocenters. The summed E-state index contributed by atoms with van der Waals surface area (Å²) in [6, 6.07) is 19.1. The Hall–Kier alpha value is -3.74. The highest BCUT2D eigenvalue weighted by atomic mass is 19.1. The first-order valence-electron chi connectivity index (χ1n) is 9.42. The first-order chi connectivity index (χ1) is 14.4. The van der Waals surface area contributed by atoms with Crippen molar-refractivity contribution in [1.29, 1.82) is 0 Å². The third-order valence-corrected chi connectivity index (χ3v) is 4.47. The van der Waals surface area contributed by atoms with Gasteiger partial charge in [0.15, 0.2) is 6.10 Å². The molecule has 0 radical (unpaired) electrons. The van der Waals surface area contributed by atoms with E-state index in [9.17, 15) is 18.8 Å². The molecule has 0 saturated carbocycles. The Morgan fingerprint density at radius 1 is 0.967 bits per heavy atom. The lowest BCUT2D eigenvalue weighted by Gasteiger charge is -2.14. The molecule has 0 fully saturated rings. The molecule has 7 heteroatoms. The lowest BCUT2D eigenvalue weighted by Crippen LogP contribution is -2.36. The number of amides is 2. The Bertz CT molecular complexity index is 1080. The van der Waals surface area contributed by atoms with E-state index >= 15 is 0 Å². The molecule has 0 unspecified atom stereocenters. The van der Waals surface area contributed by atoms with Crippen molar-refractivity contribution in [2.45, 2.75) is 19.4 Å². The van der Waals surface area contributed by atoms with E-state index in [1.165, 1.54) is 25.1 Å². The monoisotopic (exact) mass is 408 g/mol. The van der Waals surface area contributed by atoms with Crippen LogP contribution in [0.15, 0.2) is 66.7 Å². The average Bonchev–Trinajstić information content (AvgIpc) is 2.74. The minimum Gasteiger partial charge on any atom is -0.451 e. The Kier molecular flexibility index (Phi) is 6.75. The van der Waals surface area contributed by atoms with Gasteiger partial charge in [-0.05, 0) is 35.4 Å². The van der Waals surface area contributed by atoms with Gasteiger partial charge in [0.2, 0.25) is 5.91 Å². The van der Waals surface area contributed by atoms with Gasteiger partial charge in [0.25, 0.3) is 5.91 Å². The number of benzene rings is 3. The van der Waals surface area contributed by atoms with Gasteiger partial charge in [0, 0.05) is 0 Å². The summed E-state index contributed by atoms with van der Waals surface area (Å²) in [5.74, 6) is -2.37. The molecule has 0 aromatic heterocycles. The molecule has 3 rings (SSSR count). The van der Waals surface area contributed by atoms with Gasteiger partial charge in [-0.1, -0.05) is 54.6 Å². The topological polar surface area (TPSA) is 84.5 Å². The minimum absolute atomic E-state index is 0.00575. The number of fused-ring (bicyclic) bond motifs is 1. The molecule has 0 aliphatic heterocycles. The maximum Gasteiger partial charge on any atom is 0.326 e. The quantitative estimate of drug-likeness (QED) is 0.588. The summed E-state index contributed by atoms with van der Waals surface area (Å²) >= 11 is 0. The van der Waals surface area contributed by atoms with E-state index in [-0.39, 0.29) is 24.6 Å². The fraction of sp³-hybridized carbons (Fsp3) is 0.174. The van der Waals surface area contributed by atoms with E-state index in [0.717, 1.165) is 16.3 Å². The Balaban J connectivity index is 1.48. The molecule has 6 nitrogen and oxygen atoms in total. The zero-order chi connectivity index (χ0) is 21.5. The highest BCUT2D eigenvalue weighted by Gasteiger charge is 2.19. The molecular weight excluding hydrogens is 387 g/mol. The standard InChI is InChI=1S/C23H21FN2O4/c1-15(23(29)26-20-12-5-4-11-19(20)24)30-22(28)14-25-21(27)13-17-9-6-8-16-7-2-3-10-18(16)17/h2-12,15H,13-14H2,1H3,(H,25,27)(H,26,29)/t15-/m1/s1. The second-order valence-corrected chi connectivity index (χ2v) is 6.69. The number of rotatable bonds is 7. The molecule has 0 aliphatic rings. The van der Waals surface area contributed by atoms with Crippen LogP contribution in [0.4, 0.5) is 10.1 Å². The Labute approximate surface area is 173 Å². The largest absolute Gasteiger partial charge is 0.451 e. The molecule has 0 bridgehead atoms. The van der Waals surface area contributed by atoms with Gasteiger partial charge in [-0.3, -0.25) is 14.4 Å². The lowest BCUT2D eigenvalue weighted by molar-refractivity contribution is -0.152. The second kappa shape index (κ2) is 9.65. The number of para-hydroxylation sites is 1. The van der Waals surface area contributed by atoms with Crippen LogP contribution < -0.4 is 10.6 Å². The van der Waals surface area contributed by atoms with Crippen molar-refractivity contribution in [3.8, 4) is 0 Å². The van der Waals surface area contributed by atoms with Crippen LogP contribution in [0.1, 0.15) is 12.5 Å². The van der Waals surface area contributed by atoms with Gasteiger partial charge in [-0.25, -0.2) is 4.39 Å². The minimum atomic E-state index is -1.15. The summed E-state index contributed by atoms with van der Waals surface area (Å²) in [5, 5.41) is 6.84. The van der Waals surface area contributed by atoms with Crippen LogP contribution in [-0.2, 0) is 25.5 Å². The van der Waals surface area contributed by atoms with E-state index in [0.29, 0.717) is 0 Å². The van der Waals surface area contributed by atoms with Crippen molar-refractivity contribution in [2.75, 3.05) is 11.9 Å². The molecule has 154 valence electrons. The fourth-order valence-electron chi connectivity index (χ4n) is 2.94. The van der Waals surface area contributed by atoms with E-state index in [1.807, 2.05) is 42.5 Å². The highest BCUT2D eigenvalue weighted by molar-refractivity contribution is 5.95. The van der Waals surface area contributed by atoms with Crippen LogP contribution in [-0.4, -0.2) is 30.4 Å². The van der Waals surface area contributed by atoms with Gasteiger partial charge in [0.1, 0.15) is 12.4 Å². The van der Waals surface area contributed by atoms with Gasteiger partial charge in [0.05, 0.1) is 12.1 Å². The van der Waals surface area contributed by atoms with Crippen molar-refractivity contribution in [3.63, 3.8) is 0 Å². The Morgan fingerprint density at radius 3 is 2.47 bits per heavy atom. The number of ether oxygens (including phenoxy) is 1. The van der Waals surface area contributed by atoms with Crippen LogP contribution in [0.2, 0.25) is 0 Å². The van der Waals surface area contributed by atoms with Gasteiger partial charge in [-0.2, -0.15) is 0 Å². The smallest absolute Gasteiger partial charge is 0.326 e. The molecular formula is C23H21FN2O4. The van der Waals surface area contributed by atoms with E-state index < -0.39 is 23.8 Å². The molecule has 30 heavy (non-hydrogen) atoms. The first-order valence-corrected chi connectivity index (χ1v) is 9.42. The molecule has 2 N–H and O–H groups in total. The summed E-state index contributed by atoms with van der Waals surface area (Å²) in [6.07, 6.45) is -1.04. The van der Waals surface area contributed by atoms with Crippen molar-refractivity contribution in [1.82, 2.24) is 5.32 Å². The van der Waals surface area contributed by atoms with Crippen LogP contribution >= 0.6 is 0 Å². The van der Waals surface area contributed by atoms with Crippen LogP contribution in [0, 0.1) is 5.82 Å². The number of carbonyl (C=O) groups excluding carboxylic acids is 3. The van der Waals surface area contributed by atoms with Gasteiger partial charge in [-0.15, -0.1) is 0 Å². The third-order valence-electron chi connectivity index (χ3n) is 4.47. The molecule has 3 aromatic carbocycles. The van der Waals surface area contributed by atoms with Crippen molar-refractivity contribution >= 4 is 34.2 Å². The maximum atomic E-state index is 13.6. The lowest BCUT2D eigenvalue weighted by atomic mass is 10.0. The SMILES string of the molecule is C[C@@H](OC(=O)CNC(=O)Cc1cccc2ccccc12)C(=O)Nc1ccccc1F. The van der Waals surface area contributed by atoms with E-state index in [4.69, 9.17) is 4.74 Å². The second-order valence-electron chi connectivity index (χ2n) is 6.69. The molecule has 0 saturated heterocycles. The maximum absolute atomic E-state index is 13.6. The molecule has 2 amide bonds. The highest BCUT2D eigenvalue weighted by Crippen LogP contribution is 2.18. The predicted octanol–water partition coefficient (Wildman–Crippen LogP) is 3.21. The van der Waals surface area contributed by atoms with E-state index in [2.05, 4.69) is 10.6 Å². The number of hydrogen-bond acceptors (Lipinski definition) is 4. The zero-order valence-electron chi connectivity index (χ0n) is 16.4. The first kappa shape index (κ1) is 21.0. The number of nitrogens with one attached hydrogen (secondary N) is 2.